The summed E-state index contributed by atoms with van der Waals surface area (Å²) in [5, 5.41) is 29.8. The molecule has 5 nitrogen and oxygen atoms in total. The molecular formula is C15H18O5. The van der Waals surface area contributed by atoms with E-state index in [0.29, 0.717) is 23.1 Å². The lowest BCUT2D eigenvalue weighted by Gasteiger charge is -2.26. The molecule has 1 aliphatic heterocycles. The van der Waals surface area contributed by atoms with E-state index in [0.717, 1.165) is 5.57 Å². The van der Waals surface area contributed by atoms with Crippen LogP contribution in [0.4, 0.5) is 0 Å². The van der Waals surface area contributed by atoms with Crippen molar-refractivity contribution in [3.63, 3.8) is 0 Å². The van der Waals surface area contributed by atoms with Gasteiger partial charge >= 0.3 is 5.97 Å². The number of esters is 1. The number of allylic oxidation sites excluding steroid dienone is 2. The normalized spacial score (nSPS) is 17.4. The number of hydrogen-bond acceptors (Lipinski definition) is 5. The molecule has 0 aliphatic carbocycles. The second-order valence-electron chi connectivity index (χ2n) is 5.21. The molecule has 0 saturated carbocycles. The molecule has 2 rings (SSSR count). The SMILES string of the molecule is CC(C)=CCc1c(O)c(O)c(O)c2c1CC(=O)O[C@@H]2C. The van der Waals surface area contributed by atoms with Crippen LogP contribution in [0.1, 0.15) is 43.6 Å². The van der Waals surface area contributed by atoms with Crippen molar-refractivity contribution in [3.05, 3.63) is 28.3 Å². The molecule has 1 aromatic carbocycles. The maximum absolute atomic E-state index is 11.6. The quantitative estimate of drug-likeness (QED) is 0.439. The number of phenolic OH excluding ortho intramolecular Hbond substituents is 3. The maximum Gasteiger partial charge on any atom is 0.310 e. The highest BCUT2D eigenvalue weighted by Gasteiger charge is 2.32. The van der Waals surface area contributed by atoms with Crippen LogP contribution in [0.15, 0.2) is 11.6 Å². The number of benzene rings is 1. The van der Waals surface area contributed by atoms with Crippen LogP contribution in [0, 0.1) is 0 Å². The Morgan fingerprint density at radius 3 is 2.50 bits per heavy atom. The molecule has 1 atom stereocenters. The van der Waals surface area contributed by atoms with E-state index >= 15 is 0 Å². The van der Waals surface area contributed by atoms with E-state index in [9.17, 15) is 20.1 Å². The first kappa shape index (κ1) is 14.2. The van der Waals surface area contributed by atoms with E-state index < -0.39 is 23.6 Å². The molecule has 1 aliphatic rings. The molecule has 0 spiro atoms. The summed E-state index contributed by atoms with van der Waals surface area (Å²) in [7, 11) is 0. The Balaban J connectivity index is 2.67. The summed E-state index contributed by atoms with van der Waals surface area (Å²) in [5.41, 5.74) is 2.42. The summed E-state index contributed by atoms with van der Waals surface area (Å²) in [6, 6.07) is 0. The van der Waals surface area contributed by atoms with E-state index in [2.05, 4.69) is 0 Å². The number of aromatic hydroxyl groups is 3. The maximum atomic E-state index is 11.6. The second kappa shape index (κ2) is 5.07. The first-order valence-corrected chi connectivity index (χ1v) is 6.44. The van der Waals surface area contributed by atoms with Crippen molar-refractivity contribution >= 4 is 5.97 Å². The predicted octanol–water partition coefficient (Wildman–Crippen LogP) is 2.47. The van der Waals surface area contributed by atoms with E-state index in [1.807, 2.05) is 19.9 Å². The van der Waals surface area contributed by atoms with Crippen molar-refractivity contribution in [2.45, 2.75) is 39.7 Å². The van der Waals surface area contributed by atoms with Crippen molar-refractivity contribution in [3.8, 4) is 17.2 Å². The summed E-state index contributed by atoms with van der Waals surface area (Å²) in [5.74, 6) is -1.77. The lowest BCUT2D eigenvalue weighted by Crippen LogP contribution is -2.21. The zero-order valence-electron chi connectivity index (χ0n) is 11.7. The zero-order valence-corrected chi connectivity index (χ0v) is 11.7. The van der Waals surface area contributed by atoms with Gasteiger partial charge in [0, 0.05) is 11.1 Å². The van der Waals surface area contributed by atoms with Crippen molar-refractivity contribution in [2.24, 2.45) is 0 Å². The number of carbonyl (C=O) groups excluding carboxylic acids is 1. The summed E-state index contributed by atoms with van der Waals surface area (Å²) in [6.07, 6.45) is 1.59. The first-order valence-electron chi connectivity index (χ1n) is 6.44. The summed E-state index contributed by atoms with van der Waals surface area (Å²) in [4.78, 5) is 11.6. The first-order chi connectivity index (χ1) is 9.32. The molecule has 3 N–H and O–H groups in total. The van der Waals surface area contributed by atoms with Gasteiger partial charge in [0.25, 0.3) is 0 Å². The smallest absolute Gasteiger partial charge is 0.310 e. The van der Waals surface area contributed by atoms with Crippen LogP contribution in [0.2, 0.25) is 0 Å². The Morgan fingerprint density at radius 1 is 1.25 bits per heavy atom. The molecule has 0 bridgehead atoms. The van der Waals surface area contributed by atoms with Crippen LogP contribution in [0.5, 0.6) is 17.2 Å². The Hall–Kier alpha value is -2.17. The topological polar surface area (TPSA) is 87.0 Å². The van der Waals surface area contributed by atoms with Crippen molar-refractivity contribution < 1.29 is 24.9 Å². The van der Waals surface area contributed by atoms with Gasteiger partial charge < -0.3 is 20.1 Å². The van der Waals surface area contributed by atoms with E-state index in [4.69, 9.17) is 4.74 Å². The van der Waals surface area contributed by atoms with E-state index in [1.54, 1.807) is 6.92 Å². The number of hydrogen-bond donors (Lipinski definition) is 3. The standard InChI is InChI=1S/C15H18O5/c1-7(2)4-5-9-10-6-11(16)20-8(3)12(10)14(18)15(19)13(9)17/h4,8,17-19H,5-6H2,1-3H3/t8-/m1/s1. The lowest BCUT2D eigenvalue weighted by atomic mass is 9.89. The van der Waals surface area contributed by atoms with Crippen LogP contribution in [0.3, 0.4) is 0 Å². The largest absolute Gasteiger partial charge is 0.504 e. The Kier molecular flexibility index (Phi) is 3.61. The minimum absolute atomic E-state index is 0.0208. The molecule has 0 radical (unpaired) electrons. The molecule has 0 amide bonds. The fourth-order valence-electron chi connectivity index (χ4n) is 2.44. The molecular weight excluding hydrogens is 260 g/mol. The molecule has 0 aromatic heterocycles. The average molecular weight is 278 g/mol. The van der Waals surface area contributed by atoms with Gasteiger partial charge in [-0.15, -0.1) is 0 Å². The monoisotopic (exact) mass is 278 g/mol. The van der Waals surface area contributed by atoms with Gasteiger partial charge in [-0.2, -0.15) is 0 Å². The van der Waals surface area contributed by atoms with Gasteiger partial charge in [-0.3, -0.25) is 4.79 Å². The molecule has 1 aromatic rings. The third kappa shape index (κ3) is 2.31. The highest BCUT2D eigenvalue weighted by molar-refractivity contribution is 5.79. The minimum Gasteiger partial charge on any atom is -0.504 e. The molecule has 108 valence electrons. The van der Waals surface area contributed by atoms with E-state index in [1.165, 1.54) is 0 Å². The van der Waals surface area contributed by atoms with Gasteiger partial charge in [0.2, 0.25) is 5.75 Å². The summed E-state index contributed by atoms with van der Waals surface area (Å²) in [6.45, 7) is 5.46. The highest BCUT2D eigenvalue weighted by Crippen LogP contribution is 2.48. The van der Waals surface area contributed by atoms with Gasteiger partial charge in [-0.1, -0.05) is 11.6 Å². The fourth-order valence-corrected chi connectivity index (χ4v) is 2.44. The molecule has 0 unspecified atom stereocenters. The summed E-state index contributed by atoms with van der Waals surface area (Å²) < 4.78 is 5.06. The van der Waals surface area contributed by atoms with Gasteiger partial charge in [0.1, 0.15) is 6.10 Å². The second-order valence-corrected chi connectivity index (χ2v) is 5.21. The third-order valence-electron chi connectivity index (χ3n) is 3.43. The third-order valence-corrected chi connectivity index (χ3v) is 3.43. The van der Waals surface area contributed by atoms with Crippen LogP contribution in [-0.4, -0.2) is 21.3 Å². The van der Waals surface area contributed by atoms with Crippen molar-refractivity contribution in [2.75, 3.05) is 0 Å². The number of carbonyl (C=O) groups is 1. The molecule has 5 heteroatoms. The minimum atomic E-state index is -0.650. The average Bonchev–Trinajstić information content (AvgIpc) is 2.34. The number of phenols is 3. The number of rotatable bonds is 2. The molecule has 0 saturated heterocycles. The van der Waals surface area contributed by atoms with Gasteiger partial charge in [0.15, 0.2) is 11.5 Å². The van der Waals surface area contributed by atoms with Crippen molar-refractivity contribution in [1.82, 2.24) is 0 Å². The lowest BCUT2D eigenvalue weighted by molar-refractivity contribution is -0.149. The molecule has 20 heavy (non-hydrogen) atoms. The van der Waals surface area contributed by atoms with Crippen molar-refractivity contribution in [1.29, 1.82) is 0 Å². The van der Waals surface area contributed by atoms with Crippen LogP contribution >= 0.6 is 0 Å². The Morgan fingerprint density at radius 2 is 1.90 bits per heavy atom. The number of fused-ring (bicyclic) bond motifs is 1. The number of cyclic esters (lactones) is 1. The molecule has 0 fully saturated rings. The Bertz CT molecular complexity index is 597. The van der Waals surface area contributed by atoms with Crippen LogP contribution in [-0.2, 0) is 22.4 Å². The fraction of sp³-hybridized carbons (Fsp3) is 0.400. The predicted molar refractivity (Wildman–Crippen MR) is 72.8 cm³/mol. The number of ether oxygens (including phenoxy) is 1. The highest BCUT2D eigenvalue weighted by atomic mass is 16.5. The van der Waals surface area contributed by atoms with Gasteiger partial charge in [-0.05, 0) is 32.8 Å². The summed E-state index contributed by atoms with van der Waals surface area (Å²) >= 11 is 0. The van der Waals surface area contributed by atoms with Gasteiger partial charge in [-0.25, -0.2) is 0 Å². The van der Waals surface area contributed by atoms with E-state index in [-0.39, 0.29) is 12.2 Å². The van der Waals surface area contributed by atoms with Gasteiger partial charge in [0.05, 0.1) is 6.42 Å². The van der Waals surface area contributed by atoms with Crippen LogP contribution < -0.4 is 0 Å². The Labute approximate surface area is 117 Å². The van der Waals surface area contributed by atoms with Crippen LogP contribution in [0.25, 0.3) is 0 Å². The zero-order chi connectivity index (χ0) is 15.0. The molecule has 1 heterocycles.